The van der Waals surface area contributed by atoms with Crippen LogP contribution in [-0.2, 0) is 16.0 Å². The van der Waals surface area contributed by atoms with E-state index in [1.165, 1.54) is 11.3 Å². The van der Waals surface area contributed by atoms with Crippen LogP contribution in [0, 0.1) is 0 Å². The Morgan fingerprint density at radius 2 is 2.17 bits per heavy atom. The van der Waals surface area contributed by atoms with Gasteiger partial charge in [0.25, 0.3) is 0 Å². The van der Waals surface area contributed by atoms with E-state index in [1.807, 2.05) is 30.5 Å². The molecular weight excluding hydrogens is 334 g/mol. The fourth-order valence-electron chi connectivity index (χ4n) is 1.77. The Morgan fingerprint density at radius 3 is 2.91 bits per heavy atom. The molecule has 1 aromatic carbocycles. The number of amides is 2. The Bertz CT molecular complexity index is 688. The van der Waals surface area contributed by atoms with Gasteiger partial charge >= 0.3 is 6.09 Å². The van der Waals surface area contributed by atoms with Crippen molar-refractivity contribution < 1.29 is 14.3 Å². The minimum atomic E-state index is -0.549. The molecule has 2 rings (SSSR count). The molecule has 0 aliphatic heterocycles. The van der Waals surface area contributed by atoms with Gasteiger partial charge in [0.15, 0.2) is 5.13 Å². The van der Waals surface area contributed by atoms with Gasteiger partial charge < -0.3 is 10.1 Å². The van der Waals surface area contributed by atoms with Crippen LogP contribution < -0.4 is 10.6 Å². The summed E-state index contributed by atoms with van der Waals surface area (Å²) in [5.74, 6) is -0.156. The number of benzene rings is 1. The molecule has 2 N–H and O–H groups in total. The van der Waals surface area contributed by atoms with Crippen LogP contribution in [0.25, 0.3) is 0 Å². The Balaban J connectivity index is 1.90. The topological polar surface area (TPSA) is 80.3 Å². The number of rotatable bonds is 6. The van der Waals surface area contributed by atoms with Gasteiger partial charge in [-0.15, -0.1) is 23.1 Å². The van der Waals surface area contributed by atoms with Crippen LogP contribution in [0.4, 0.5) is 15.6 Å². The van der Waals surface area contributed by atoms with E-state index in [4.69, 9.17) is 4.74 Å². The summed E-state index contributed by atoms with van der Waals surface area (Å²) in [4.78, 5) is 28.6. The van der Waals surface area contributed by atoms with Crippen molar-refractivity contribution in [2.75, 3.05) is 23.5 Å². The van der Waals surface area contributed by atoms with Crippen molar-refractivity contribution in [3.63, 3.8) is 0 Å². The zero-order valence-electron chi connectivity index (χ0n) is 12.8. The van der Waals surface area contributed by atoms with Gasteiger partial charge in [-0.05, 0) is 31.4 Å². The number of hydrogen-bond acceptors (Lipinski definition) is 6. The Labute approximate surface area is 142 Å². The monoisotopic (exact) mass is 351 g/mol. The lowest BCUT2D eigenvalue weighted by Gasteiger charge is -2.05. The Morgan fingerprint density at radius 1 is 1.35 bits per heavy atom. The normalized spacial score (nSPS) is 10.2. The first-order chi connectivity index (χ1) is 11.1. The van der Waals surface area contributed by atoms with Crippen LogP contribution in [-0.4, -0.2) is 29.8 Å². The number of ether oxygens (including phenoxy) is 1. The van der Waals surface area contributed by atoms with Gasteiger partial charge in [-0.1, -0.05) is 6.07 Å². The van der Waals surface area contributed by atoms with Crippen LogP contribution in [0.1, 0.15) is 12.6 Å². The van der Waals surface area contributed by atoms with Gasteiger partial charge in [-0.25, -0.2) is 9.78 Å². The van der Waals surface area contributed by atoms with Crippen LogP contribution in [0.3, 0.4) is 0 Å². The molecule has 23 heavy (non-hydrogen) atoms. The summed E-state index contributed by atoms with van der Waals surface area (Å²) < 4.78 is 4.77. The van der Waals surface area contributed by atoms with Gasteiger partial charge in [0.05, 0.1) is 18.7 Å². The molecular formula is C15H17N3O3S2. The highest BCUT2D eigenvalue weighted by Crippen LogP contribution is 2.20. The molecule has 0 saturated heterocycles. The number of carbonyl (C=O) groups is 2. The van der Waals surface area contributed by atoms with Gasteiger partial charge in [0.2, 0.25) is 5.91 Å². The molecule has 0 spiro atoms. The highest BCUT2D eigenvalue weighted by atomic mass is 32.2. The van der Waals surface area contributed by atoms with Crippen molar-refractivity contribution in [2.45, 2.75) is 18.2 Å². The fraction of sp³-hybridized carbons (Fsp3) is 0.267. The molecule has 6 nitrogen and oxygen atoms in total. The number of carbonyl (C=O) groups excluding carboxylic acids is 2. The fourth-order valence-corrected chi connectivity index (χ4v) is 2.93. The van der Waals surface area contributed by atoms with Crippen molar-refractivity contribution >= 4 is 45.9 Å². The summed E-state index contributed by atoms with van der Waals surface area (Å²) in [6.45, 7) is 2.02. The molecule has 2 aromatic rings. The largest absolute Gasteiger partial charge is 0.450 e. The van der Waals surface area contributed by atoms with E-state index in [1.54, 1.807) is 24.1 Å². The van der Waals surface area contributed by atoms with Gasteiger partial charge in [0, 0.05) is 16.0 Å². The van der Waals surface area contributed by atoms with E-state index in [9.17, 15) is 9.59 Å². The van der Waals surface area contributed by atoms with Crippen LogP contribution in [0.5, 0.6) is 0 Å². The Hall–Kier alpha value is -2.06. The molecule has 122 valence electrons. The number of aromatic nitrogens is 1. The van der Waals surface area contributed by atoms with Gasteiger partial charge in [-0.3, -0.25) is 10.1 Å². The van der Waals surface area contributed by atoms with Crippen LogP contribution >= 0.6 is 23.1 Å². The standard InChI is InChI=1S/C15H17N3O3S2/c1-3-21-15(20)18-14-17-11(9-23-14)8-13(19)16-10-5-4-6-12(7-10)22-2/h4-7,9H,3,8H2,1-2H3,(H,16,19)(H,17,18,20). The quantitative estimate of drug-likeness (QED) is 0.777. The van der Waals surface area contributed by atoms with E-state index in [2.05, 4.69) is 15.6 Å². The molecule has 0 atom stereocenters. The summed E-state index contributed by atoms with van der Waals surface area (Å²) in [6, 6.07) is 7.63. The zero-order chi connectivity index (χ0) is 16.7. The van der Waals surface area contributed by atoms with E-state index in [0.29, 0.717) is 17.4 Å². The smallest absolute Gasteiger partial charge is 0.413 e. The van der Waals surface area contributed by atoms with E-state index >= 15 is 0 Å². The van der Waals surface area contributed by atoms with Crippen molar-refractivity contribution in [1.29, 1.82) is 0 Å². The molecule has 1 aromatic heterocycles. The lowest BCUT2D eigenvalue weighted by molar-refractivity contribution is -0.115. The maximum absolute atomic E-state index is 12.1. The average molecular weight is 351 g/mol. The SMILES string of the molecule is CCOC(=O)Nc1nc(CC(=O)Nc2cccc(SC)c2)cs1. The van der Waals surface area contributed by atoms with Crippen molar-refractivity contribution in [1.82, 2.24) is 4.98 Å². The summed E-state index contributed by atoms with van der Waals surface area (Å²) in [5, 5.41) is 7.50. The maximum Gasteiger partial charge on any atom is 0.413 e. The summed E-state index contributed by atoms with van der Waals surface area (Å²) in [7, 11) is 0. The molecule has 0 fully saturated rings. The number of hydrogen-bond donors (Lipinski definition) is 2. The summed E-state index contributed by atoms with van der Waals surface area (Å²) in [5.41, 5.74) is 1.35. The second kappa shape index (κ2) is 8.54. The van der Waals surface area contributed by atoms with Crippen LogP contribution in [0.2, 0.25) is 0 Å². The first-order valence-electron chi connectivity index (χ1n) is 6.92. The van der Waals surface area contributed by atoms with Gasteiger partial charge in [-0.2, -0.15) is 0 Å². The molecule has 8 heteroatoms. The van der Waals surface area contributed by atoms with Crippen molar-refractivity contribution in [3.8, 4) is 0 Å². The van der Waals surface area contributed by atoms with Gasteiger partial charge in [0.1, 0.15) is 0 Å². The summed E-state index contributed by atoms with van der Waals surface area (Å²) in [6.07, 6.45) is 1.57. The zero-order valence-corrected chi connectivity index (χ0v) is 14.4. The molecule has 0 bridgehead atoms. The van der Waals surface area contributed by atoms with Crippen molar-refractivity contribution in [3.05, 3.63) is 35.3 Å². The molecule has 0 aliphatic rings. The molecule has 0 unspecified atom stereocenters. The first-order valence-corrected chi connectivity index (χ1v) is 9.03. The van der Waals surface area contributed by atoms with E-state index < -0.39 is 6.09 Å². The lowest BCUT2D eigenvalue weighted by atomic mass is 10.3. The minimum Gasteiger partial charge on any atom is -0.450 e. The number of thioether (sulfide) groups is 1. The molecule has 1 heterocycles. The molecule has 0 aliphatic carbocycles. The predicted molar refractivity (Wildman–Crippen MR) is 93.3 cm³/mol. The number of thiazole rings is 1. The van der Waals surface area contributed by atoms with E-state index in [-0.39, 0.29) is 12.3 Å². The molecule has 0 radical (unpaired) electrons. The third-order valence-electron chi connectivity index (χ3n) is 2.73. The number of nitrogens with zero attached hydrogens (tertiary/aromatic N) is 1. The number of nitrogens with one attached hydrogen (secondary N) is 2. The number of anilines is 2. The second-order valence-corrected chi connectivity index (χ2v) is 6.18. The molecule has 2 amide bonds. The highest BCUT2D eigenvalue weighted by Gasteiger charge is 2.10. The third kappa shape index (κ3) is 5.57. The third-order valence-corrected chi connectivity index (χ3v) is 4.26. The van der Waals surface area contributed by atoms with Crippen molar-refractivity contribution in [2.24, 2.45) is 0 Å². The van der Waals surface area contributed by atoms with Crippen LogP contribution in [0.15, 0.2) is 34.5 Å². The Kier molecular flexibility index (Phi) is 6.42. The van der Waals surface area contributed by atoms with E-state index in [0.717, 1.165) is 10.6 Å². The first kappa shape index (κ1) is 17.3. The average Bonchev–Trinajstić information content (AvgIpc) is 2.94. The molecule has 0 saturated carbocycles. The second-order valence-electron chi connectivity index (χ2n) is 4.45. The predicted octanol–water partition coefficient (Wildman–Crippen LogP) is 3.61. The highest BCUT2D eigenvalue weighted by molar-refractivity contribution is 7.98. The minimum absolute atomic E-state index is 0.143. The summed E-state index contributed by atoms with van der Waals surface area (Å²) >= 11 is 2.86. The lowest BCUT2D eigenvalue weighted by Crippen LogP contribution is -2.15. The maximum atomic E-state index is 12.1.